The van der Waals surface area contributed by atoms with Gasteiger partial charge in [0, 0.05) is 18.0 Å². The van der Waals surface area contributed by atoms with Crippen molar-refractivity contribution < 1.29 is 33.8 Å². The highest BCUT2D eigenvalue weighted by molar-refractivity contribution is 5.99. The molecule has 1 heterocycles. The van der Waals surface area contributed by atoms with Crippen molar-refractivity contribution in [3.05, 3.63) is 65.7 Å². The monoisotopic (exact) mass is 523 g/mol. The Balaban J connectivity index is 1.85. The van der Waals surface area contributed by atoms with E-state index in [1.54, 1.807) is 38.1 Å². The van der Waals surface area contributed by atoms with E-state index in [1.807, 2.05) is 30.3 Å². The molecule has 38 heavy (non-hydrogen) atoms. The smallest absolute Gasteiger partial charge is 0.305 e. The Morgan fingerprint density at radius 2 is 1.71 bits per heavy atom. The zero-order valence-corrected chi connectivity index (χ0v) is 21.6. The molecule has 10 heteroatoms. The number of amides is 3. The average molecular weight is 524 g/mol. The Bertz CT molecular complexity index is 1150. The summed E-state index contributed by atoms with van der Waals surface area (Å²) in [4.78, 5) is 63.9. The molecule has 202 valence electrons. The molecule has 10 nitrogen and oxygen atoms in total. The molecule has 3 rings (SSSR count). The number of likely N-dealkylation sites (tertiary alicyclic amines) is 1. The first-order valence-corrected chi connectivity index (χ1v) is 12.4. The molecule has 1 saturated heterocycles. The summed E-state index contributed by atoms with van der Waals surface area (Å²) in [6, 6.07) is 12.8. The van der Waals surface area contributed by atoms with Crippen LogP contribution < -0.4 is 15.4 Å². The molecule has 2 aromatic carbocycles. The number of ether oxygens (including phenoxy) is 1. The first-order valence-electron chi connectivity index (χ1n) is 12.4. The number of aliphatic carboxylic acids is 1. The Hall–Kier alpha value is -4.21. The zero-order chi connectivity index (χ0) is 27.8. The number of rotatable bonds is 11. The topological polar surface area (TPSA) is 142 Å². The van der Waals surface area contributed by atoms with Gasteiger partial charge in [0.25, 0.3) is 5.91 Å². The number of hydrogen-bond acceptors (Lipinski definition) is 6. The third-order valence-corrected chi connectivity index (χ3v) is 6.62. The number of carboxylic acid groups (broad SMARTS) is 1. The lowest BCUT2D eigenvalue weighted by molar-refractivity contribution is -0.142. The van der Waals surface area contributed by atoms with Crippen LogP contribution in [0.25, 0.3) is 0 Å². The fourth-order valence-corrected chi connectivity index (χ4v) is 4.55. The normalized spacial score (nSPS) is 18.4. The minimum Gasteiger partial charge on any atom is -0.497 e. The summed E-state index contributed by atoms with van der Waals surface area (Å²) in [5.74, 6) is -2.58. The van der Waals surface area contributed by atoms with Crippen LogP contribution >= 0.6 is 0 Å². The first-order chi connectivity index (χ1) is 18.1. The second-order valence-corrected chi connectivity index (χ2v) is 9.62. The molecule has 0 bridgehead atoms. The van der Waals surface area contributed by atoms with Gasteiger partial charge >= 0.3 is 5.97 Å². The molecule has 0 radical (unpaired) electrons. The van der Waals surface area contributed by atoms with E-state index >= 15 is 0 Å². The van der Waals surface area contributed by atoms with Crippen LogP contribution in [0.3, 0.4) is 0 Å². The van der Waals surface area contributed by atoms with Crippen molar-refractivity contribution in [2.45, 2.75) is 50.7 Å². The number of nitrogens with one attached hydrogen (secondary N) is 2. The van der Waals surface area contributed by atoms with Crippen LogP contribution in [0.2, 0.25) is 0 Å². The van der Waals surface area contributed by atoms with Crippen LogP contribution in [0.1, 0.15) is 48.5 Å². The molecule has 0 aliphatic carbocycles. The summed E-state index contributed by atoms with van der Waals surface area (Å²) in [6.07, 6.45) is 0.0931. The van der Waals surface area contributed by atoms with E-state index < -0.39 is 48.2 Å². The molecule has 0 saturated carbocycles. The number of benzene rings is 2. The Labute approximate surface area is 221 Å². The predicted molar refractivity (Wildman–Crippen MR) is 139 cm³/mol. The molecule has 3 amide bonds. The van der Waals surface area contributed by atoms with Crippen molar-refractivity contribution in [2.24, 2.45) is 5.92 Å². The van der Waals surface area contributed by atoms with Crippen LogP contribution in [0.5, 0.6) is 5.75 Å². The fourth-order valence-electron chi connectivity index (χ4n) is 4.55. The van der Waals surface area contributed by atoms with Crippen LogP contribution in [0, 0.1) is 5.92 Å². The van der Waals surface area contributed by atoms with E-state index in [9.17, 15) is 24.0 Å². The Morgan fingerprint density at radius 3 is 2.26 bits per heavy atom. The zero-order valence-electron chi connectivity index (χ0n) is 21.6. The molecule has 1 fully saturated rings. The second kappa shape index (κ2) is 12.8. The number of aldehydes is 1. The van der Waals surface area contributed by atoms with E-state index in [1.165, 1.54) is 12.0 Å². The van der Waals surface area contributed by atoms with Gasteiger partial charge in [-0.05, 0) is 42.2 Å². The van der Waals surface area contributed by atoms with Crippen molar-refractivity contribution in [1.82, 2.24) is 15.5 Å². The maximum absolute atomic E-state index is 13.8. The number of nitrogens with zero attached hydrogens (tertiary/aromatic N) is 1. The van der Waals surface area contributed by atoms with Crippen LogP contribution in [-0.2, 0) is 19.2 Å². The van der Waals surface area contributed by atoms with Crippen molar-refractivity contribution in [2.75, 3.05) is 13.7 Å². The molecular weight excluding hydrogens is 490 g/mol. The van der Waals surface area contributed by atoms with Gasteiger partial charge in [0.2, 0.25) is 11.8 Å². The van der Waals surface area contributed by atoms with Gasteiger partial charge < -0.3 is 30.2 Å². The largest absolute Gasteiger partial charge is 0.497 e. The maximum atomic E-state index is 13.8. The number of carbonyl (C=O) groups is 5. The van der Waals surface area contributed by atoms with Gasteiger partial charge in [-0.3, -0.25) is 19.2 Å². The van der Waals surface area contributed by atoms with Crippen molar-refractivity contribution in [3.8, 4) is 5.75 Å². The van der Waals surface area contributed by atoms with Gasteiger partial charge in [0.05, 0.1) is 19.6 Å². The average Bonchev–Trinajstić information content (AvgIpc) is 3.37. The third-order valence-electron chi connectivity index (χ3n) is 6.62. The van der Waals surface area contributed by atoms with Gasteiger partial charge in [-0.1, -0.05) is 44.2 Å². The molecule has 4 atom stereocenters. The molecule has 0 spiro atoms. The summed E-state index contributed by atoms with van der Waals surface area (Å²) < 4.78 is 5.13. The van der Waals surface area contributed by atoms with E-state index in [4.69, 9.17) is 9.84 Å². The van der Waals surface area contributed by atoms with Gasteiger partial charge in [0.15, 0.2) is 0 Å². The highest BCUT2D eigenvalue weighted by Gasteiger charge is 2.43. The molecule has 1 aliphatic rings. The number of methoxy groups -OCH3 is 1. The van der Waals surface area contributed by atoms with E-state index in [0.29, 0.717) is 17.6 Å². The van der Waals surface area contributed by atoms with Gasteiger partial charge in [0.1, 0.15) is 24.1 Å². The lowest BCUT2D eigenvalue weighted by Gasteiger charge is -2.31. The number of hydrogen-bond donors (Lipinski definition) is 3. The summed E-state index contributed by atoms with van der Waals surface area (Å²) in [5, 5.41) is 14.3. The fraction of sp³-hybridized carbons (Fsp3) is 0.393. The summed E-state index contributed by atoms with van der Waals surface area (Å²) in [7, 11) is 1.52. The van der Waals surface area contributed by atoms with E-state index in [0.717, 1.165) is 5.56 Å². The molecule has 3 unspecified atom stereocenters. The lowest BCUT2D eigenvalue weighted by Crippen LogP contribution is -2.56. The lowest BCUT2D eigenvalue weighted by atomic mass is 9.96. The predicted octanol–water partition coefficient (Wildman–Crippen LogP) is 1.99. The van der Waals surface area contributed by atoms with Gasteiger partial charge in [-0.25, -0.2) is 0 Å². The SMILES string of the molecule is COc1ccc(C(=O)NC(C(=O)N2C[C@H](c3ccccc3)CC2C(=O)NC(C=O)CC(=O)O)C(C)C)cc1. The molecule has 2 aromatic rings. The number of carbonyl (C=O) groups excluding carboxylic acids is 4. The van der Waals surface area contributed by atoms with E-state index in [2.05, 4.69) is 10.6 Å². The summed E-state index contributed by atoms with van der Waals surface area (Å²) in [5.41, 5.74) is 1.30. The maximum Gasteiger partial charge on any atom is 0.305 e. The van der Waals surface area contributed by atoms with Gasteiger partial charge in [-0.15, -0.1) is 0 Å². The Morgan fingerprint density at radius 1 is 1.05 bits per heavy atom. The summed E-state index contributed by atoms with van der Waals surface area (Å²) in [6.45, 7) is 3.82. The van der Waals surface area contributed by atoms with Crippen molar-refractivity contribution in [1.29, 1.82) is 0 Å². The van der Waals surface area contributed by atoms with Crippen LogP contribution in [0.4, 0.5) is 0 Å². The molecule has 1 aliphatic heterocycles. The number of carboxylic acids is 1. The van der Waals surface area contributed by atoms with Crippen LogP contribution in [-0.4, -0.2) is 71.8 Å². The Kier molecular flexibility index (Phi) is 9.59. The third kappa shape index (κ3) is 6.96. The van der Waals surface area contributed by atoms with E-state index in [-0.39, 0.29) is 24.8 Å². The molecule has 0 aromatic heterocycles. The second-order valence-electron chi connectivity index (χ2n) is 9.62. The standard InChI is InChI=1S/C28H33N3O7/c1-17(2)25(30-26(35)19-9-11-22(38-3)12-10-19)28(37)31-15-20(18-7-5-4-6-8-18)13-23(31)27(36)29-21(16-32)14-24(33)34/h4-12,16-17,20-21,23,25H,13-15H2,1-3H3,(H,29,36)(H,30,35)(H,33,34)/t20-,21?,23?,25?/m1/s1. The van der Waals surface area contributed by atoms with Gasteiger partial charge in [-0.2, -0.15) is 0 Å². The molecule has 3 N–H and O–H groups in total. The highest BCUT2D eigenvalue weighted by Crippen LogP contribution is 2.33. The summed E-state index contributed by atoms with van der Waals surface area (Å²) >= 11 is 0. The quantitative estimate of drug-likeness (QED) is 0.382. The minimum absolute atomic E-state index is 0.157. The molecular formula is C28H33N3O7. The van der Waals surface area contributed by atoms with Crippen LogP contribution in [0.15, 0.2) is 54.6 Å². The first kappa shape index (κ1) is 28.4. The highest BCUT2D eigenvalue weighted by atomic mass is 16.5. The van der Waals surface area contributed by atoms with Crippen molar-refractivity contribution >= 4 is 30.0 Å². The van der Waals surface area contributed by atoms with Crippen molar-refractivity contribution in [3.63, 3.8) is 0 Å². The minimum atomic E-state index is -1.23.